The maximum Gasteiger partial charge on any atom is 0.240 e. The highest BCUT2D eigenvalue weighted by atomic mass is 32.1. The number of benzene rings is 3. The van der Waals surface area contributed by atoms with Crippen molar-refractivity contribution in [2.24, 2.45) is 0 Å². The van der Waals surface area contributed by atoms with E-state index in [9.17, 15) is 4.79 Å². The van der Waals surface area contributed by atoms with Crippen molar-refractivity contribution in [1.29, 1.82) is 0 Å². The summed E-state index contributed by atoms with van der Waals surface area (Å²) in [5.41, 5.74) is 4.27. The van der Waals surface area contributed by atoms with E-state index in [1.807, 2.05) is 79.7 Å². The van der Waals surface area contributed by atoms with Gasteiger partial charge in [-0.15, -0.1) is 0 Å². The van der Waals surface area contributed by atoms with Gasteiger partial charge in [-0.05, 0) is 42.8 Å². The summed E-state index contributed by atoms with van der Waals surface area (Å²) in [5, 5.41) is 10.4. The fraction of sp³-hybridized carbons (Fsp3) is 0.160. The van der Waals surface area contributed by atoms with Crippen LogP contribution in [0.4, 0.5) is 0 Å². The third-order valence-corrected chi connectivity index (χ3v) is 5.47. The highest BCUT2D eigenvalue weighted by Gasteiger charge is 2.18. The summed E-state index contributed by atoms with van der Waals surface area (Å²) in [6, 6.07) is 28.0. The molecule has 156 valence electrons. The fourth-order valence-corrected chi connectivity index (χ4v) is 3.84. The molecule has 2 N–H and O–H groups in total. The van der Waals surface area contributed by atoms with Crippen LogP contribution in [0.1, 0.15) is 22.7 Å². The first kappa shape index (κ1) is 20.8. The standard InChI is InChI=1S/C25H24N4OS/c1-18-9-8-14-21(15-18)24-27-28-25(31)29(24)17-23(30)26-22(20-12-6-3-7-13-20)16-19-10-4-2-5-11-19/h2-15,22H,16-17H2,1H3,(H,26,30)(H,28,31). The summed E-state index contributed by atoms with van der Waals surface area (Å²) in [4.78, 5) is 13.1. The summed E-state index contributed by atoms with van der Waals surface area (Å²) in [6.07, 6.45) is 0.706. The van der Waals surface area contributed by atoms with E-state index >= 15 is 0 Å². The van der Waals surface area contributed by atoms with E-state index in [-0.39, 0.29) is 18.5 Å². The SMILES string of the molecule is Cc1cccc(-c2n[nH]c(=S)n2CC(=O)NC(Cc2ccccc2)c2ccccc2)c1. The van der Waals surface area contributed by atoms with Crippen molar-refractivity contribution in [2.75, 3.05) is 0 Å². The van der Waals surface area contributed by atoms with Crippen molar-refractivity contribution >= 4 is 18.1 Å². The Morgan fingerprint density at radius 3 is 2.45 bits per heavy atom. The van der Waals surface area contributed by atoms with Crippen molar-refractivity contribution in [1.82, 2.24) is 20.1 Å². The molecule has 4 aromatic rings. The van der Waals surface area contributed by atoms with Crippen LogP contribution in [0.2, 0.25) is 0 Å². The molecule has 0 saturated heterocycles. The van der Waals surface area contributed by atoms with Crippen LogP contribution in [-0.2, 0) is 17.8 Å². The van der Waals surface area contributed by atoms with E-state index in [0.717, 1.165) is 22.3 Å². The summed E-state index contributed by atoms with van der Waals surface area (Å²) >= 11 is 5.40. The molecule has 1 amide bonds. The van der Waals surface area contributed by atoms with E-state index in [4.69, 9.17) is 12.2 Å². The second-order valence-electron chi connectivity index (χ2n) is 7.53. The first-order chi connectivity index (χ1) is 15.1. The molecule has 1 heterocycles. The quantitative estimate of drug-likeness (QED) is 0.407. The van der Waals surface area contributed by atoms with Crippen LogP contribution in [-0.4, -0.2) is 20.7 Å². The Morgan fingerprint density at radius 2 is 1.74 bits per heavy atom. The van der Waals surface area contributed by atoms with Gasteiger partial charge < -0.3 is 5.32 Å². The number of amides is 1. The average Bonchev–Trinajstić information content (AvgIpc) is 3.14. The minimum Gasteiger partial charge on any atom is -0.347 e. The fourth-order valence-electron chi connectivity index (χ4n) is 3.64. The normalized spacial score (nSPS) is 11.8. The zero-order chi connectivity index (χ0) is 21.6. The number of aryl methyl sites for hydroxylation is 1. The van der Waals surface area contributed by atoms with Gasteiger partial charge in [-0.3, -0.25) is 14.5 Å². The number of nitrogens with one attached hydrogen (secondary N) is 2. The van der Waals surface area contributed by atoms with Crippen molar-refractivity contribution in [3.63, 3.8) is 0 Å². The monoisotopic (exact) mass is 428 g/mol. The topological polar surface area (TPSA) is 62.7 Å². The molecule has 0 fully saturated rings. The zero-order valence-corrected chi connectivity index (χ0v) is 18.1. The summed E-state index contributed by atoms with van der Waals surface area (Å²) in [6.45, 7) is 2.12. The minimum atomic E-state index is -0.139. The second-order valence-corrected chi connectivity index (χ2v) is 7.92. The molecular weight excluding hydrogens is 404 g/mol. The van der Waals surface area contributed by atoms with Gasteiger partial charge in [-0.25, -0.2) is 0 Å². The minimum absolute atomic E-state index is 0.0940. The summed E-state index contributed by atoms with van der Waals surface area (Å²) in [7, 11) is 0. The molecule has 0 saturated carbocycles. The molecule has 1 atom stereocenters. The van der Waals surface area contributed by atoms with Crippen LogP contribution in [0.15, 0.2) is 84.9 Å². The number of H-pyrrole nitrogens is 1. The molecule has 0 spiro atoms. The molecular formula is C25H24N4OS. The van der Waals surface area contributed by atoms with Gasteiger partial charge in [0.15, 0.2) is 10.6 Å². The molecule has 4 rings (SSSR count). The molecule has 0 radical (unpaired) electrons. The highest BCUT2D eigenvalue weighted by molar-refractivity contribution is 7.71. The summed E-state index contributed by atoms with van der Waals surface area (Å²) in [5.74, 6) is 0.541. The number of aromatic amines is 1. The summed E-state index contributed by atoms with van der Waals surface area (Å²) < 4.78 is 2.16. The average molecular weight is 429 g/mol. The van der Waals surface area contributed by atoms with E-state index in [1.165, 1.54) is 0 Å². The number of hydrogen-bond donors (Lipinski definition) is 2. The van der Waals surface area contributed by atoms with Gasteiger partial charge in [0.05, 0.1) is 6.04 Å². The lowest BCUT2D eigenvalue weighted by atomic mass is 9.99. The van der Waals surface area contributed by atoms with Crippen LogP contribution in [0, 0.1) is 11.7 Å². The molecule has 3 aromatic carbocycles. The zero-order valence-electron chi connectivity index (χ0n) is 17.3. The van der Waals surface area contributed by atoms with Crippen molar-refractivity contribution < 1.29 is 4.79 Å². The molecule has 1 aromatic heterocycles. The molecule has 0 aliphatic heterocycles. The van der Waals surface area contributed by atoms with E-state index in [0.29, 0.717) is 17.0 Å². The van der Waals surface area contributed by atoms with Gasteiger partial charge in [0.25, 0.3) is 0 Å². The van der Waals surface area contributed by atoms with E-state index in [2.05, 4.69) is 27.6 Å². The van der Waals surface area contributed by atoms with Crippen molar-refractivity contribution in [2.45, 2.75) is 25.9 Å². The van der Waals surface area contributed by atoms with Gasteiger partial charge in [0.1, 0.15) is 6.54 Å². The number of rotatable bonds is 7. The molecule has 31 heavy (non-hydrogen) atoms. The van der Waals surface area contributed by atoms with Gasteiger partial charge in [0.2, 0.25) is 5.91 Å². The second kappa shape index (κ2) is 9.53. The van der Waals surface area contributed by atoms with Gasteiger partial charge in [-0.2, -0.15) is 5.10 Å². The predicted molar refractivity (Wildman–Crippen MR) is 125 cm³/mol. The van der Waals surface area contributed by atoms with Gasteiger partial charge in [-0.1, -0.05) is 84.4 Å². The molecule has 6 heteroatoms. The van der Waals surface area contributed by atoms with Crippen LogP contribution < -0.4 is 5.32 Å². The Hall–Kier alpha value is -3.51. The van der Waals surface area contributed by atoms with E-state index in [1.54, 1.807) is 4.57 Å². The highest BCUT2D eigenvalue weighted by Crippen LogP contribution is 2.20. The smallest absolute Gasteiger partial charge is 0.240 e. The Morgan fingerprint density at radius 1 is 1.03 bits per heavy atom. The Labute approximate surface area is 186 Å². The molecule has 0 aliphatic carbocycles. The van der Waals surface area contributed by atoms with Crippen LogP contribution in [0.3, 0.4) is 0 Å². The molecule has 0 aliphatic rings. The molecule has 0 bridgehead atoms. The molecule has 1 unspecified atom stereocenters. The van der Waals surface area contributed by atoms with Crippen molar-refractivity contribution in [3.05, 3.63) is 106 Å². The first-order valence-corrected chi connectivity index (χ1v) is 10.6. The number of carbonyl (C=O) groups is 1. The Balaban J connectivity index is 1.56. The van der Waals surface area contributed by atoms with Crippen LogP contribution in [0.25, 0.3) is 11.4 Å². The van der Waals surface area contributed by atoms with E-state index < -0.39 is 0 Å². The lowest BCUT2D eigenvalue weighted by Gasteiger charge is -2.20. The van der Waals surface area contributed by atoms with Gasteiger partial charge in [0, 0.05) is 5.56 Å². The lowest BCUT2D eigenvalue weighted by Crippen LogP contribution is -2.33. The Bertz CT molecular complexity index is 1220. The third-order valence-electron chi connectivity index (χ3n) is 5.16. The maximum atomic E-state index is 13.1. The first-order valence-electron chi connectivity index (χ1n) is 10.2. The number of hydrogen-bond acceptors (Lipinski definition) is 3. The van der Waals surface area contributed by atoms with Gasteiger partial charge >= 0.3 is 0 Å². The van der Waals surface area contributed by atoms with Crippen LogP contribution >= 0.6 is 12.2 Å². The third kappa shape index (κ3) is 5.16. The van der Waals surface area contributed by atoms with Crippen molar-refractivity contribution in [3.8, 4) is 11.4 Å². The number of carbonyl (C=O) groups excluding carboxylic acids is 1. The predicted octanol–water partition coefficient (Wildman–Crippen LogP) is 5.02. The number of nitrogens with zero attached hydrogens (tertiary/aromatic N) is 2. The lowest BCUT2D eigenvalue weighted by molar-refractivity contribution is -0.122. The maximum absolute atomic E-state index is 13.1. The van der Waals surface area contributed by atoms with Crippen LogP contribution in [0.5, 0.6) is 0 Å². The molecule has 5 nitrogen and oxygen atoms in total. The Kier molecular flexibility index (Phi) is 6.38. The largest absolute Gasteiger partial charge is 0.347 e. The number of aromatic nitrogens is 3.